The zero-order valence-corrected chi connectivity index (χ0v) is 15.0. The van der Waals surface area contributed by atoms with Crippen LogP contribution in [0.3, 0.4) is 0 Å². The Balaban J connectivity index is 1.62. The lowest BCUT2D eigenvalue weighted by Gasteiger charge is -2.26. The lowest BCUT2D eigenvalue weighted by molar-refractivity contribution is 0.0561. The first kappa shape index (κ1) is 18.4. The second-order valence-corrected chi connectivity index (χ2v) is 7.47. The van der Waals surface area contributed by atoms with Gasteiger partial charge >= 0.3 is 5.97 Å². The molecule has 140 valence electrons. The molecule has 0 amide bonds. The third kappa shape index (κ3) is 4.06. The number of carbonyl (C=O) groups is 1. The number of methoxy groups -OCH3 is 1. The molecule has 0 aliphatic carbocycles. The van der Waals surface area contributed by atoms with Gasteiger partial charge in [0.25, 0.3) is 0 Å². The molecule has 0 saturated carbocycles. The molecule has 1 aliphatic rings. The largest absolute Gasteiger partial charge is 0.486 e. The number of esters is 1. The number of hydrogen-bond donors (Lipinski definition) is 0. The van der Waals surface area contributed by atoms with E-state index >= 15 is 0 Å². The summed E-state index contributed by atoms with van der Waals surface area (Å²) in [6.07, 6.45) is 0. The summed E-state index contributed by atoms with van der Waals surface area (Å²) in [5, 5.41) is 0. The summed E-state index contributed by atoms with van der Waals surface area (Å²) in [7, 11) is -2.26. The highest BCUT2D eigenvalue weighted by molar-refractivity contribution is 7.89. The maximum Gasteiger partial charge on any atom is 0.373 e. The highest BCUT2D eigenvalue weighted by Gasteiger charge is 2.26. The van der Waals surface area contributed by atoms with Crippen molar-refractivity contribution >= 4 is 16.0 Å². The normalized spacial score (nSPS) is 15.6. The minimum absolute atomic E-state index is 0.0954. The molecule has 2 heterocycles. The van der Waals surface area contributed by atoms with Gasteiger partial charge in [-0.2, -0.15) is 4.31 Å². The number of rotatable bonds is 6. The summed E-state index contributed by atoms with van der Waals surface area (Å²) < 4.78 is 47.1. The van der Waals surface area contributed by atoms with Crippen molar-refractivity contribution in [3.05, 3.63) is 47.9 Å². The van der Waals surface area contributed by atoms with Gasteiger partial charge in [0.05, 0.1) is 25.2 Å². The predicted molar refractivity (Wildman–Crippen MR) is 90.4 cm³/mol. The molecule has 3 rings (SSSR count). The van der Waals surface area contributed by atoms with E-state index in [1.807, 2.05) is 0 Å². The Labute approximate surface area is 151 Å². The van der Waals surface area contributed by atoms with Gasteiger partial charge in [-0.25, -0.2) is 13.2 Å². The van der Waals surface area contributed by atoms with E-state index in [2.05, 4.69) is 4.74 Å². The fourth-order valence-electron chi connectivity index (χ4n) is 2.46. The SMILES string of the molecule is COC(=O)c1ccc(COc2ccc(S(=O)(=O)N3CCOCC3)cc2)o1. The number of sulfonamides is 1. The minimum atomic E-state index is -3.53. The molecule has 8 nitrogen and oxygen atoms in total. The number of morpholine rings is 1. The number of benzene rings is 1. The van der Waals surface area contributed by atoms with Crippen molar-refractivity contribution in [1.82, 2.24) is 4.31 Å². The molecule has 0 spiro atoms. The Morgan fingerprint density at radius 3 is 2.46 bits per heavy atom. The first-order valence-corrected chi connectivity index (χ1v) is 9.42. The van der Waals surface area contributed by atoms with Crippen molar-refractivity contribution in [3.63, 3.8) is 0 Å². The Morgan fingerprint density at radius 1 is 1.12 bits per heavy atom. The second kappa shape index (κ2) is 7.90. The van der Waals surface area contributed by atoms with Crippen LogP contribution < -0.4 is 4.74 Å². The third-order valence-corrected chi connectivity index (χ3v) is 5.77. The van der Waals surface area contributed by atoms with Gasteiger partial charge in [0.2, 0.25) is 15.8 Å². The topological polar surface area (TPSA) is 95.3 Å². The van der Waals surface area contributed by atoms with Crippen LogP contribution in [-0.4, -0.2) is 52.1 Å². The van der Waals surface area contributed by atoms with Gasteiger partial charge in [-0.1, -0.05) is 0 Å². The number of ether oxygens (including phenoxy) is 3. The van der Waals surface area contributed by atoms with E-state index in [1.165, 1.54) is 29.6 Å². The highest BCUT2D eigenvalue weighted by atomic mass is 32.2. The third-order valence-electron chi connectivity index (χ3n) is 3.86. The molecule has 26 heavy (non-hydrogen) atoms. The molecule has 1 saturated heterocycles. The van der Waals surface area contributed by atoms with Crippen LogP contribution >= 0.6 is 0 Å². The Hall–Kier alpha value is -2.36. The van der Waals surface area contributed by atoms with Gasteiger partial charge in [-0.05, 0) is 36.4 Å². The first-order valence-electron chi connectivity index (χ1n) is 7.98. The van der Waals surface area contributed by atoms with Crippen LogP contribution in [0.4, 0.5) is 0 Å². The molecule has 1 aliphatic heterocycles. The molecule has 0 atom stereocenters. The summed E-state index contributed by atoms with van der Waals surface area (Å²) >= 11 is 0. The molecule has 0 unspecified atom stereocenters. The van der Waals surface area contributed by atoms with Gasteiger partial charge in [-0.15, -0.1) is 0 Å². The van der Waals surface area contributed by atoms with E-state index in [0.717, 1.165) is 0 Å². The molecular weight excluding hydrogens is 362 g/mol. The van der Waals surface area contributed by atoms with Crippen LogP contribution in [0, 0.1) is 0 Å². The molecule has 1 aromatic carbocycles. The van der Waals surface area contributed by atoms with Gasteiger partial charge in [0.15, 0.2) is 0 Å². The smallest absolute Gasteiger partial charge is 0.373 e. The minimum Gasteiger partial charge on any atom is -0.486 e. The zero-order valence-electron chi connectivity index (χ0n) is 14.2. The van der Waals surface area contributed by atoms with E-state index < -0.39 is 16.0 Å². The fraction of sp³-hybridized carbons (Fsp3) is 0.353. The molecule has 0 bridgehead atoms. The summed E-state index contributed by atoms with van der Waals surface area (Å²) in [5.74, 6) is 0.476. The fourth-order valence-corrected chi connectivity index (χ4v) is 3.87. The molecule has 1 fully saturated rings. The van der Waals surface area contributed by atoms with Gasteiger partial charge in [0, 0.05) is 13.1 Å². The number of carbonyl (C=O) groups excluding carboxylic acids is 1. The molecular formula is C17H19NO7S. The highest BCUT2D eigenvalue weighted by Crippen LogP contribution is 2.21. The average molecular weight is 381 g/mol. The maximum absolute atomic E-state index is 12.5. The van der Waals surface area contributed by atoms with Crippen LogP contribution in [0.25, 0.3) is 0 Å². The molecule has 1 aromatic heterocycles. The van der Waals surface area contributed by atoms with Crippen LogP contribution in [0.2, 0.25) is 0 Å². The van der Waals surface area contributed by atoms with Gasteiger partial charge in [0.1, 0.15) is 18.1 Å². The Bertz CT molecular complexity index is 851. The van der Waals surface area contributed by atoms with E-state index in [-0.39, 0.29) is 17.3 Å². The predicted octanol–water partition coefficient (Wildman–Crippen LogP) is 1.67. The molecule has 2 aromatic rings. The van der Waals surface area contributed by atoms with Gasteiger partial charge in [-0.3, -0.25) is 0 Å². The van der Waals surface area contributed by atoms with Crippen LogP contribution in [0.15, 0.2) is 45.7 Å². The van der Waals surface area contributed by atoms with Crippen molar-refractivity contribution < 1.29 is 31.8 Å². The van der Waals surface area contributed by atoms with E-state index in [9.17, 15) is 13.2 Å². The maximum atomic E-state index is 12.5. The van der Waals surface area contributed by atoms with Crippen molar-refractivity contribution in [1.29, 1.82) is 0 Å². The molecule has 0 N–H and O–H groups in total. The second-order valence-electron chi connectivity index (χ2n) is 5.53. The average Bonchev–Trinajstić information content (AvgIpc) is 3.16. The van der Waals surface area contributed by atoms with Crippen molar-refractivity contribution in [2.75, 3.05) is 33.4 Å². The van der Waals surface area contributed by atoms with Crippen molar-refractivity contribution in [2.24, 2.45) is 0 Å². The summed E-state index contributed by atoms with van der Waals surface area (Å²) in [6, 6.07) is 9.28. The van der Waals surface area contributed by atoms with Crippen molar-refractivity contribution in [3.8, 4) is 5.75 Å². The van der Waals surface area contributed by atoms with Crippen LogP contribution in [-0.2, 0) is 26.1 Å². The first-order chi connectivity index (χ1) is 12.5. The summed E-state index contributed by atoms with van der Waals surface area (Å²) in [5.41, 5.74) is 0. The molecule has 0 radical (unpaired) electrons. The number of hydrogen-bond acceptors (Lipinski definition) is 7. The Kier molecular flexibility index (Phi) is 5.60. The van der Waals surface area contributed by atoms with Crippen LogP contribution in [0.1, 0.15) is 16.3 Å². The monoisotopic (exact) mass is 381 g/mol. The standard InChI is InChI=1S/C17H19NO7S/c1-22-17(19)16-7-4-14(25-16)12-24-13-2-5-15(6-3-13)26(20,21)18-8-10-23-11-9-18/h2-7H,8-12H2,1H3. The van der Waals surface area contributed by atoms with Crippen molar-refractivity contribution in [2.45, 2.75) is 11.5 Å². The molecule has 9 heteroatoms. The van der Waals surface area contributed by atoms with E-state index in [1.54, 1.807) is 18.2 Å². The zero-order chi connectivity index (χ0) is 18.6. The lowest BCUT2D eigenvalue weighted by Crippen LogP contribution is -2.40. The summed E-state index contributed by atoms with van der Waals surface area (Å²) in [4.78, 5) is 11.5. The lowest BCUT2D eigenvalue weighted by atomic mass is 10.3. The Morgan fingerprint density at radius 2 is 1.81 bits per heavy atom. The van der Waals surface area contributed by atoms with E-state index in [4.69, 9.17) is 13.9 Å². The summed E-state index contributed by atoms with van der Waals surface area (Å²) in [6.45, 7) is 1.60. The number of furan rings is 1. The quantitative estimate of drug-likeness (QED) is 0.702. The number of nitrogens with zero attached hydrogens (tertiary/aromatic N) is 1. The van der Waals surface area contributed by atoms with Gasteiger partial charge < -0.3 is 18.6 Å². The van der Waals surface area contributed by atoms with Crippen LogP contribution in [0.5, 0.6) is 5.75 Å². The van der Waals surface area contributed by atoms with E-state index in [0.29, 0.717) is 37.8 Å².